The van der Waals surface area contributed by atoms with Crippen molar-refractivity contribution in [2.45, 2.75) is 32.6 Å². The van der Waals surface area contributed by atoms with E-state index < -0.39 is 0 Å². The number of aromatic nitrogens is 2. The average molecular weight is 234 g/mol. The number of anilines is 2. The molecule has 4 nitrogen and oxygen atoms in total. The molecule has 0 spiro atoms. The fourth-order valence-corrected chi connectivity index (χ4v) is 2.50. The second kappa shape index (κ2) is 5.84. The van der Waals surface area contributed by atoms with Gasteiger partial charge in [0, 0.05) is 13.6 Å². The highest BCUT2D eigenvalue weighted by atomic mass is 15.1. The highest BCUT2D eigenvalue weighted by Crippen LogP contribution is 2.29. The second-order valence-electron chi connectivity index (χ2n) is 4.94. The van der Waals surface area contributed by atoms with E-state index in [-0.39, 0.29) is 0 Å². The predicted molar refractivity (Wildman–Crippen MR) is 71.2 cm³/mol. The summed E-state index contributed by atoms with van der Waals surface area (Å²) >= 11 is 0. The smallest absolute Gasteiger partial charge is 0.146 e. The maximum absolute atomic E-state index is 4.42. The van der Waals surface area contributed by atoms with Crippen molar-refractivity contribution in [3.8, 4) is 0 Å². The van der Waals surface area contributed by atoms with E-state index in [0.717, 1.165) is 30.0 Å². The number of hydrogen-bond donors (Lipinski definition) is 2. The minimum absolute atomic E-state index is 0.781. The SMILES string of the molecule is CNc1cncc(NCC2CCCCC2C)n1. The van der Waals surface area contributed by atoms with Gasteiger partial charge >= 0.3 is 0 Å². The maximum Gasteiger partial charge on any atom is 0.146 e. The second-order valence-corrected chi connectivity index (χ2v) is 4.94. The quantitative estimate of drug-likeness (QED) is 0.841. The summed E-state index contributed by atoms with van der Waals surface area (Å²) in [6, 6.07) is 0. The van der Waals surface area contributed by atoms with Crippen LogP contribution in [0.4, 0.5) is 11.6 Å². The molecule has 2 N–H and O–H groups in total. The molecule has 2 atom stereocenters. The van der Waals surface area contributed by atoms with Crippen molar-refractivity contribution < 1.29 is 0 Å². The van der Waals surface area contributed by atoms with Gasteiger partial charge in [-0.15, -0.1) is 0 Å². The molecule has 0 saturated heterocycles. The summed E-state index contributed by atoms with van der Waals surface area (Å²) in [4.78, 5) is 8.57. The van der Waals surface area contributed by atoms with Gasteiger partial charge in [-0.25, -0.2) is 4.98 Å². The van der Waals surface area contributed by atoms with Crippen molar-refractivity contribution in [1.29, 1.82) is 0 Å². The summed E-state index contributed by atoms with van der Waals surface area (Å²) < 4.78 is 0. The van der Waals surface area contributed by atoms with Gasteiger partial charge in [-0.3, -0.25) is 4.98 Å². The number of hydrogen-bond acceptors (Lipinski definition) is 4. The third-order valence-electron chi connectivity index (χ3n) is 3.73. The lowest BCUT2D eigenvalue weighted by Gasteiger charge is -2.28. The van der Waals surface area contributed by atoms with E-state index >= 15 is 0 Å². The Morgan fingerprint density at radius 3 is 2.76 bits per heavy atom. The first-order valence-corrected chi connectivity index (χ1v) is 6.53. The van der Waals surface area contributed by atoms with E-state index in [0.29, 0.717) is 0 Å². The topological polar surface area (TPSA) is 49.8 Å². The molecule has 17 heavy (non-hydrogen) atoms. The van der Waals surface area contributed by atoms with Gasteiger partial charge in [0.05, 0.1) is 12.4 Å². The van der Waals surface area contributed by atoms with Crippen molar-refractivity contribution in [3.05, 3.63) is 12.4 Å². The first-order chi connectivity index (χ1) is 8.29. The standard InChI is InChI=1S/C13H22N4/c1-10-5-3-4-6-11(10)7-16-13-9-15-8-12(14-2)17-13/h8-11H,3-7H2,1-2H3,(H2,14,16,17). The lowest BCUT2D eigenvalue weighted by atomic mass is 9.80. The molecule has 0 radical (unpaired) electrons. The number of rotatable bonds is 4. The Hall–Kier alpha value is -1.32. The van der Waals surface area contributed by atoms with Crippen molar-refractivity contribution in [3.63, 3.8) is 0 Å². The summed E-state index contributed by atoms with van der Waals surface area (Å²) in [5.74, 6) is 3.29. The van der Waals surface area contributed by atoms with Gasteiger partial charge in [0.15, 0.2) is 0 Å². The van der Waals surface area contributed by atoms with Crippen LogP contribution in [0.15, 0.2) is 12.4 Å². The first kappa shape index (κ1) is 12.1. The highest BCUT2D eigenvalue weighted by Gasteiger charge is 2.20. The van der Waals surface area contributed by atoms with Gasteiger partial charge in [0.25, 0.3) is 0 Å². The molecule has 1 saturated carbocycles. The monoisotopic (exact) mass is 234 g/mol. The zero-order valence-corrected chi connectivity index (χ0v) is 10.7. The summed E-state index contributed by atoms with van der Waals surface area (Å²) in [6.07, 6.45) is 9.00. The van der Waals surface area contributed by atoms with Gasteiger partial charge in [0.1, 0.15) is 11.6 Å². The molecule has 1 aromatic rings. The number of nitrogens with zero attached hydrogens (tertiary/aromatic N) is 2. The molecule has 1 aromatic heterocycles. The van der Waals surface area contributed by atoms with Gasteiger partial charge in [-0.2, -0.15) is 0 Å². The third kappa shape index (κ3) is 3.32. The van der Waals surface area contributed by atoms with Crippen LogP contribution in [0.5, 0.6) is 0 Å². The first-order valence-electron chi connectivity index (χ1n) is 6.53. The zero-order valence-electron chi connectivity index (χ0n) is 10.7. The van der Waals surface area contributed by atoms with Crippen molar-refractivity contribution in [1.82, 2.24) is 9.97 Å². The van der Waals surface area contributed by atoms with Crippen LogP contribution in [0.1, 0.15) is 32.6 Å². The summed E-state index contributed by atoms with van der Waals surface area (Å²) in [7, 11) is 1.86. The van der Waals surface area contributed by atoms with Gasteiger partial charge in [-0.1, -0.05) is 26.2 Å². The normalized spacial score (nSPS) is 24.4. The number of nitrogens with one attached hydrogen (secondary N) is 2. The molecule has 1 aliphatic carbocycles. The van der Waals surface area contributed by atoms with Crippen molar-refractivity contribution in [2.75, 3.05) is 24.2 Å². The molecule has 1 heterocycles. The fourth-order valence-electron chi connectivity index (χ4n) is 2.50. The largest absolute Gasteiger partial charge is 0.372 e. The van der Waals surface area contributed by atoms with E-state index in [4.69, 9.17) is 0 Å². The summed E-state index contributed by atoms with van der Waals surface area (Å²) in [5, 5.41) is 6.41. The molecule has 94 valence electrons. The minimum Gasteiger partial charge on any atom is -0.372 e. The molecular weight excluding hydrogens is 212 g/mol. The van der Waals surface area contributed by atoms with E-state index in [1.165, 1.54) is 25.7 Å². The van der Waals surface area contributed by atoms with Crippen LogP contribution < -0.4 is 10.6 Å². The molecule has 0 aromatic carbocycles. The summed E-state index contributed by atoms with van der Waals surface area (Å²) in [5.41, 5.74) is 0. The molecule has 2 rings (SSSR count). The molecule has 1 aliphatic rings. The average Bonchev–Trinajstić information content (AvgIpc) is 2.38. The molecular formula is C13H22N4. The Bertz CT molecular complexity index is 353. The van der Waals surface area contributed by atoms with Crippen molar-refractivity contribution in [2.24, 2.45) is 11.8 Å². The van der Waals surface area contributed by atoms with Crippen LogP contribution in [0.3, 0.4) is 0 Å². The summed E-state index contributed by atoms with van der Waals surface area (Å²) in [6.45, 7) is 3.38. The van der Waals surface area contributed by atoms with Crippen LogP contribution >= 0.6 is 0 Å². The molecule has 0 amide bonds. The Balaban J connectivity index is 1.88. The zero-order chi connectivity index (χ0) is 12.1. The Kier molecular flexibility index (Phi) is 4.18. The molecule has 0 bridgehead atoms. The molecule has 1 fully saturated rings. The van der Waals surface area contributed by atoms with E-state index in [1.807, 2.05) is 7.05 Å². The minimum atomic E-state index is 0.781. The predicted octanol–water partition coefficient (Wildman–Crippen LogP) is 2.76. The van der Waals surface area contributed by atoms with Crippen LogP contribution in [-0.2, 0) is 0 Å². The maximum atomic E-state index is 4.42. The van der Waals surface area contributed by atoms with E-state index in [2.05, 4.69) is 27.5 Å². The fraction of sp³-hybridized carbons (Fsp3) is 0.692. The lowest BCUT2D eigenvalue weighted by Crippen LogP contribution is -2.24. The molecule has 4 heteroatoms. The Labute approximate surface area is 103 Å². The lowest BCUT2D eigenvalue weighted by molar-refractivity contribution is 0.268. The third-order valence-corrected chi connectivity index (χ3v) is 3.73. The Morgan fingerprint density at radius 2 is 2.00 bits per heavy atom. The van der Waals surface area contributed by atoms with Crippen LogP contribution in [0.2, 0.25) is 0 Å². The van der Waals surface area contributed by atoms with Gasteiger partial charge in [0.2, 0.25) is 0 Å². The van der Waals surface area contributed by atoms with Gasteiger partial charge < -0.3 is 10.6 Å². The van der Waals surface area contributed by atoms with Crippen LogP contribution in [0, 0.1) is 11.8 Å². The van der Waals surface area contributed by atoms with Crippen LogP contribution in [-0.4, -0.2) is 23.6 Å². The van der Waals surface area contributed by atoms with Crippen molar-refractivity contribution >= 4 is 11.6 Å². The van der Waals surface area contributed by atoms with Crippen LogP contribution in [0.25, 0.3) is 0 Å². The van der Waals surface area contributed by atoms with E-state index in [9.17, 15) is 0 Å². The molecule has 2 unspecified atom stereocenters. The van der Waals surface area contributed by atoms with E-state index in [1.54, 1.807) is 12.4 Å². The highest BCUT2D eigenvalue weighted by molar-refractivity contribution is 5.40. The van der Waals surface area contributed by atoms with Gasteiger partial charge in [-0.05, 0) is 18.3 Å². The molecule has 0 aliphatic heterocycles. The Morgan fingerprint density at radius 1 is 1.24 bits per heavy atom.